The maximum Gasteiger partial charge on any atom is 0.0637 e. The summed E-state index contributed by atoms with van der Waals surface area (Å²) in [5.41, 5.74) is 2.36. The molecule has 2 aliphatic rings. The minimum atomic E-state index is 0.925. The molecule has 0 spiro atoms. The van der Waals surface area contributed by atoms with Gasteiger partial charge in [0.2, 0.25) is 0 Å². The zero-order valence-electron chi connectivity index (χ0n) is 6.96. The number of dihydropyridines is 1. The van der Waals surface area contributed by atoms with Crippen molar-refractivity contribution in [3.8, 4) is 0 Å². The van der Waals surface area contributed by atoms with Crippen LogP contribution >= 0.6 is 0 Å². The van der Waals surface area contributed by atoms with Crippen LogP contribution in [0.4, 0.5) is 0 Å². The number of aliphatic imine (C=N–C) groups is 1. The van der Waals surface area contributed by atoms with Crippen LogP contribution in [0.2, 0.25) is 0 Å². The van der Waals surface area contributed by atoms with Gasteiger partial charge in [0.1, 0.15) is 0 Å². The summed E-state index contributed by atoms with van der Waals surface area (Å²) in [6, 6.07) is 0. The number of hydrogen-bond donors (Lipinski definition) is 1. The molecule has 0 unspecified atom stereocenters. The highest BCUT2D eigenvalue weighted by molar-refractivity contribution is 6.00. The molecule has 0 saturated heterocycles. The third-order valence-electron chi connectivity index (χ3n) is 2.00. The topological polar surface area (TPSA) is 24.4 Å². The van der Waals surface area contributed by atoms with Gasteiger partial charge >= 0.3 is 0 Å². The number of hydrogen-bond acceptors (Lipinski definition) is 2. The molecular formula is C10H12N2. The Morgan fingerprint density at radius 2 is 2.33 bits per heavy atom. The van der Waals surface area contributed by atoms with Crippen molar-refractivity contribution in [1.29, 1.82) is 0 Å². The molecule has 0 aromatic carbocycles. The predicted octanol–water partition coefficient (Wildman–Crippen LogP) is 1.78. The molecule has 0 amide bonds. The normalized spacial score (nSPS) is 21.3. The van der Waals surface area contributed by atoms with Gasteiger partial charge in [0.25, 0.3) is 0 Å². The molecule has 0 aromatic heterocycles. The summed E-state index contributed by atoms with van der Waals surface area (Å²) in [7, 11) is 0. The first-order chi connectivity index (χ1) is 5.97. The monoisotopic (exact) mass is 160 g/mol. The maximum atomic E-state index is 4.32. The molecule has 2 nitrogen and oxygen atoms in total. The molecule has 0 saturated carbocycles. The van der Waals surface area contributed by atoms with Crippen LogP contribution in [0.1, 0.15) is 12.8 Å². The van der Waals surface area contributed by atoms with Crippen molar-refractivity contribution < 1.29 is 0 Å². The molecule has 0 aromatic rings. The SMILES string of the molecule is C1=CCNC(C2=NC=CCC2)=C1. The summed E-state index contributed by atoms with van der Waals surface area (Å²) < 4.78 is 0. The number of nitrogens with zero attached hydrogens (tertiary/aromatic N) is 1. The summed E-state index contributed by atoms with van der Waals surface area (Å²) in [5, 5.41) is 3.30. The van der Waals surface area contributed by atoms with Crippen molar-refractivity contribution in [1.82, 2.24) is 5.32 Å². The van der Waals surface area contributed by atoms with Crippen LogP contribution in [0.25, 0.3) is 0 Å². The van der Waals surface area contributed by atoms with Crippen molar-refractivity contribution >= 4 is 5.71 Å². The van der Waals surface area contributed by atoms with Crippen LogP contribution in [-0.2, 0) is 0 Å². The molecule has 0 radical (unpaired) electrons. The van der Waals surface area contributed by atoms with Gasteiger partial charge in [-0.1, -0.05) is 18.2 Å². The second kappa shape index (κ2) is 3.39. The standard InChI is InChI=1S/C10H12N2/c1-3-7-11-9(5-1)10-6-2-4-8-12-10/h1,3-5,8,11H,2,6-7H2. The van der Waals surface area contributed by atoms with E-state index in [0.717, 1.165) is 19.4 Å². The Bertz CT molecular complexity index is 252. The maximum absolute atomic E-state index is 4.32. The fourth-order valence-electron chi connectivity index (χ4n) is 1.36. The molecule has 2 heteroatoms. The van der Waals surface area contributed by atoms with E-state index in [1.165, 1.54) is 11.4 Å². The molecule has 2 aliphatic heterocycles. The zero-order chi connectivity index (χ0) is 8.23. The van der Waals surface area contributed by atoms with Gasteiger partial charge in [-0.15, -0.1) is 0 Å². The van der Waals surface area contributed by atoms with E-state index in [2.05, 4.69) is 34.6 Å². The molecule has 0 fully saturated rings. The second-order valence-electron chi connectivity index (χ2n) is 2.89. The first-order valence-corrected chi connectivity index (χ1v) is 4.29. The Morgan fingerprint density at radius 3 is 3.00 bits per heavy atom. The van der Waals surface area contributed by atoms with Gasteiger partial charge in [0.05, 0.1) is 11.4 Å². The number of allylic oxidation sites excluding steroid dienone is 4. The van der Waals surface area contributed by atoms with Crippen LogP contribution < -0.4 is 5.32 Å². The van der Waals surface area contributed by atoms with Gasteiger partial charge in [0, 0.05) is 12.7 Å². The van der Waals surface area contributed by atoms with Gasteiger partial charge in [-0.05, 0) is 18.9 Å². The van der Waals surface area contributed by atoms with Crippen molar-refractivity contribution in [3.05, 3.63) is 36.2 Å². The fourth-order valence-corrected chi connectivity index (χ4v) is 1.36. The smallest absolute Gasteiger partial charge is 0.0637 e. The third-order valence-corrected chi connectivity index (χ3v) is 2.00. The molecule has 62 valence electrons. The second-order valence-corrected chi connectivity index (χ2v) is 2.89. The minimum absolute atomic E-state index is 0.925. The quantitative estimate of drug-likeness (QED) is 0.621. The van der Waals surface area contributed by atoms with Crippen molar-refractivity contribution in [3.63, 3.8) is 0 Å². The molecular weight excluding hydrogens is 148 g/mol. The number of nitrogens with one attached hydrogen (secondary N) is 1. The van der Waals surface area contributed by atoms with E-state index in [-0.39, 0.29) is 0 Å². The lowest BCUT2D eigenvalue weighted by atomic mass is 10.1. The van der Waals surface area contributed by atoms with Crippen molar-refractivity contribution in [2.75, 3.05) is 6.54 Å². The van der Waals surface area contributed by atoms with E-state index in [1.54, 1.807) is 0 Å². The third kappa shape index (κ3) is 1.47. The van der Waals surface area contributed by atoms with Crippen LogP contribution in [-0.4, -0.2) is 12.3 Å². The van der Waals surface area contributed by atoms with E-state index >= 15 is 0 Å². The molecule has 1 N–H and O–H groups in total. The molecule has 0 aliphatic carbocycles. The van der Waals surface area contributed by atoms with E-state index in [9.17, 15) is 0 Å². The van der Waals surface area contributed by atoms with E-state index in [0.29, 0.717) is 0 Å². The first kappa shape index (κ1) is 7.35. The van der Waals surface area contributed by atoms with E-state index in [4.69, 9.17) is 0 Å². The van der Waals surface area contributed by atoms with Gasteiger partial charge in [-0.3, -0.25) is 4.99 Å². The summed E-state index contributed by atoms with van der Waals surface area (Å²) in [6.07, 6.45) is 12.4. The van der Waals surface area contributed by atoms with Crippen LogP contribution in [0.5, 0.6) is 0 Å². The zero-order valence-corrected chi connectivity index (χ0v) is 6.96. The van der Waals surface area contributed by atoms with Crippen LogP contribution in [0.15, 0.2) is 41.2 Å². The highest BCUT2D eigenvalue weighted by Gasteiger charge is 2.07. The summed E-state index contributed by atoms with van der Waals surface area (Å²) in [4.78, 5) is 4.32. The van der Waals surface area contributed by atoms with Crippen LogP contribution in [0.3, 0.4) is 0 Å². The molecule has 0 atom stereocenters. The Kier molecular flexibility index (Phi) is 2.08. The van der Waals surface area contributed by atoms with Gasteiger partial charge < -0.3 is 5.32 Å². The lowest BCUT2D eigenvalue weighted by Gasteiger charge is -2.15. The van der Waals surface area contributed by atoms with Crippen LogP contribution in [0, 0.1) is 0 Å². The Hall–Kier alpha value is -1.31. The van der Waals surface area contributed by atoms with Crippen molar-refractivity contribution in [2.45, 2.75) is 12.8 Å². The largest absolute Gasteiger partial charge is 0.380 e. The lowest BCUT2D eigenvalue weighted by Crippen LogP contribution is -2.22. The summed E-state index contributed by atoms with van der Waals surface area (Å²) in [6.45, 7) is 0.925. The van der Waals surface area contributed by atoms with Gasteiger partial charge in [-0.2, -0.15) is 0 Å². The van der Waals surface area contributed by atoms with E-state index < -0.39 is 0 Å². The molecule has 0 bridgehead atoms. The highest BCUT2D eigenvalue weighted by Crippen LogP contribution is 2.10. The summed E-state index contributed by atoms with van der Waals surface area (Å²) >= 11 is 0. The molecule has 2 heterocycles. The molecule has 2 rings (SSSR count). The summed E-state index contributed by atoms with van der Waals surface area (Å²) in [5.74, 6) is 0. The van der Waals surface area contributed by atoms with E-state index in [1.807, 2.05) is 6.20 Å². The average Bonchev–Trinajstić information content (AvgIpc) is 2.21. The Morgan fingerprint density at radius 1 is 1.33 bits per heavy atom. The predicted molar refractivity (Wildman–Crippen MR) is 51.0 cm³/mol. The van der Waals surface area contributed by atoms with Gasteiger partial charge in [0.15, 0.2) is 0 Å². The number of rotatable bonds is 1. The highest BCUT2D eigenvalue weighted by atomic mass is 14.9. The first-order valence-electron chi connectivity index (χ1n) is 4.29. The van der Waals surface area contributed by atoms with Gasteiger partial charge in [-0.25, -0.2) is 0 Å². The van der Waals surface area contributed by atoms with Crippen molar-refractivity contribution in [2.24, 2.45) is 4.99 Å². The Labute approximate surface area is 72.4 Å². The fraction of sp³-hybridized carbons (Fsp3) is 0.300. The lowest BCUT2D eigenvalue weighted by molar-refractivity contribution is 0.913. The Balaban J connectivity index is 2.17. The average molecular weight is 160 g/mol. The minimum Gasteiger partial charge on any atom is -0.380 e. The molecule has 12 heavy (non-hydrogen) atoms.